The van der Waals surface area contributed by atoms with Gasteiger partial charge in [-0.3, -0.25) is 0 Å². The fraction of sp³-hybridized carbons (Fsp3) is 0.125. The Kier molecular flexibility index (Phi) is 4.77. The molecule has 0 saturated heterocycles. The van der Waals surface area contributed by atoms with Crippen LogP contribution >= 0.6 is 34.8 Å². The lowest BCUT2D eigenvalue weighted by molar-refractivity contribution is 0.126. The number of aliphatic hydroxyl groups is 1. The number of hydrogen-bond acceptors (Lipinski definition) is 1. The highest BCUT2D eigenvalue weighted by atomic mass is 35.5. The highest BCUT2D eigenvalue weighted by Crippen LogP contribution is 2.38. The number of hydrogen-bond donors (Lipinski definition) is 1. The highest BCUT2D eigenvalue weighted by molar-refractivity contribution is 6.32. The molecule has 0 aromatic heterocycles. The molecule has 0 radical (unpaired) electrons. The van der Waals surface area contributed by atoms with Crippen LogP contribution < -0.4 is 0 Å². The quantitative estimate of drug-likeness (QED) is 0.772. The first-order chi connectivity index (χ1) is 9.49. The van der Waals surface area contributed by atoms with Crippen LogP contribution in [0.2, 0.25) is 10.0 Å². The third kappa shape index (κ3) is 2.87. The monoisotopic (exact) mass is 326 g/mol. The molecule has 0 saturated carbocycles. The predicted molar refractivity (Wildman–Crippen MR) is 86.6 cm³/mol. The van der Waals surface area contributed by atoms with E-state index >= 15 is 0 Å². The SMILES string of the molecule is C=C(c1ccccc1Cl)C(O)(CCl)c1ccc(Cl)cc1. The Morgan fingerprint density at radius 3 is 2.20 bits per heavy atom. The third-order valence-electron chi connectivity index (χ3n) is 3.21. The van der Waals surface area contributed by atoms with E-state index in [9.17, 15) is 5.11 Å². The minimum Gasteiger partial charge on any atom is -0.379 e. The second-order valence-electron chi connectivity index (χ2n) is 4.46. The number of rotatable bonds is 4. The first kappa shape index (κ1) is 15.4. The molecule has 2 aromatic rings. The van der Waals surface area contributed by atoms with Crippen molar-refractivity contribution >= 4 is 40.4 Å². The molecule has 0 amide bonds. The van der Waals surface area contributed by atoms with Crippen molar-refractivity contribution in [3.8, 4) is 0 Å². The minimum absolute atomic E-state index is 0.0291. The molecular weight excluding hydrogens is 315 g/mol. The van der Waals surface area contributed by atoms with Crippen LogP contribution in [0.4, 0.5) is 0 Å². The van der Waals surface area contributed by atoms with Crippen molar-refractivity contribution in [1.82, 2.24) is 0 Å². The minimum atomic E-state index is -1.39. The second kappa shape index (κ2) is 6.19. The maximum atomic E-state index is 10.9. The van der Waals surface area contributed by atoms with E-state index in [1.54, 1.807) is 36.4 Å². The van der Waals surface area contributed by atoms with Crippen LogP contribution in [0.3, 0.4) is 0 Å². The van der Waals surface area contributed by atoms with E-state index < -0.39 is 5.60 Å². The normalized spacial score (nSPS) is 13.8. The fourth-order valence-corrected chi connectivity index (χ4v) is 2.68. The molecule has 2 aromatic carbocycles. The van der Waals surface area contributed by atoms with Crippen LogP contribution in [-0.2, 0) is 5.60 Å². The molecule has 0 spiro atoms. The van der Waals surface area contributed by atoms with Crippen molar-refractivity contribution in [2.24, 2.45) is 0 Å². The van der Waals surface area contributed by atoms with Crippen LogP contribution in [0.25, 0.3) is 5.57 Å². The summed E-state index contributed by atoms with van der Waals surface area (Å²) in [6.45, 7) is 3.98. The zero-order valence-electron chi connectivity index (χ0n) is 10.6. The van der Waals surface area contributed by atoms with Crippen molar-refractivity contribution in [1.29, 1.82) is 0 Å². The van der Waals surface area contributed by atoms with Gasteiger partial charge in [0, 0.05) is 10.0 Å². The first-order valence-electron chi connectivity index (χ1n) is 5.97. The van der Waals surface area contributed by atoms with E-state index in [4.69, 9.17) is 34.8 Å². The molecule has 0 aliphatic heterocycles. The highest BCUT2D eigenvalue weighted by Gasteiger charge is 2.33. The average molecular weight is 328 g/mol. The van der Waals surface area contributed by atoms with E-state index in [2.05, 4.69) is 6.58 Å². The Morgan fingerprint density at radius 2 is 1.65 bits per heavy atom. The van der Waals surface area contributed by atoms with E-state index in [0.717, 1.165) is 0 Å². The summed E-state index contributed by atoms with van der Waals surface area (Å²) in [6.07, 6.45) is 0. The standard InChI is InChI=1S/C16H13Cl3O/c1-11(14-4-2-3-5-15(14)19)16(20,10-17)12-6-8-13(18)9-7-12/h2-9,20H,1,10H2. The number of benzene rings is 2. The zero-order valence-corrected chi connectivity index (χ0v) is 12.9. The van der Waals surface area contributed by atoms with Gasteiger partial charge in [0.25, 0.3) is 0 Å². The molecule has 104 valence electrons. The maximum absolute atomic E-state index is 10.9. The number of alkyl halides is 1. The van der Waals surface area contributed by atoms with E-state index in [1.165, 1.54) is 0 Å². The van der Waals surface area contributed by atoms with Gasteiger partial charge < -0.3 is 5.11 Å². The maximum Gasteiger partial charge on any atom is 0.128 e. The summed E-state index contributed by atoms with van der Waals surface area (Å²) in [5.41, 5.74) is 0.367. The van der Waals surface area contributed by atoms with E-state index in [0.29, 0.717) is 26.7 Å². The summed E-state index contributed by atoms with van der Waals surface area (Å²) < 4.78 is 0. The average Bonchev–Trinajstić information content (AvgIpc) is 2.47. The van der Waals surface area contributed by atoms with Gasteiger partial charge in [-0.1, -0.05) is 60.1 Å². The van der Waals surface area contributed by atoms with Gasteiger partial charge in [-0.2, -0.15) is 0 Å². The Balaban J connectivity index is 2.48. The lowest BCUT2D eigenvalue weighted by Gasteiger charge is -2.29. The van der Waals surface area contributed by atoms with Gasteiger partial charge in [0.2, 0.25) is 0 Å². The summed E-state index contributed by atoms with van der Waals surface area (Å²) in [4.78, 5) is 0. The molecule has 1 N–H and O–H groups in total. The molecule has 1 nitrogen and oxygen atoms in total. The largest absolute Gasteiger partial charge is 0.379 e. The fourth-order valence-electron chi connectivity index (χ4n) is 1.99. The summed E-state index contributed by atoms with van der Waals surface area (Å²) in [5, 5.41) is 12.0. The van der Waals surface area contributed by atoms with Gasteiger partial charge in [0.15, 0.2) is 0 Å². The first-order valence-corrected chi connectivity index (χ1v) is 7.27. The second-order valence-corrected chi connectivity index (χ2v) is 5.57. The molecule has 1 atom stereocenters. The van der Waals surface area contributed by atoms with Crippen molar-refractivity contribution < 1.29 is 5.11 Å². The topological polar surface area (TPSA) is 20.2 Å². The zero-order chi connectivity index (χ0) is 14.8. The van der Waals surface area contributed by atoms with Crippen molar-refractivity contribution in [2.45, 2.75) is 5.60 Å². The van der Waals surface area contributed by atoms with Crippen molar-refractivity contribution in [2.75, 3.05) is 5.88 Å². The Hall–Kier alpha value is -0.990. The molecule has 0 fully saturated rings. The lowest BCUT2D eigenvalue weighted by Crippen LogP contribution is -2.29. The van der Waals surface area contributed by atoms with Crippen LogP contribution in [0, 0.1) is 0 Å². The predicted octanol–water partition coefficient (Wildman–Crippen LogP) is 5.13. The molecule has 0 heterocycles. The van der Waals surface area contributed by atoms with Gasteiger partial charge in [0.05, 0.1) is 5.88 Å². The Labute approximate surface area is 133 Å². The van der Waals surface area contributed by atoms with Gasteiger partial charge >= 0.3 is 0 Å². The number of halogens is 3. The summed E-state index contributed by atoms with van der Waals surface area (Å²) >= 11 is 18.0. The molecule has 4 heteroatoms. The lowest BCUT2D eigenvalue weighted by atomic mass is 9.84. The van der Waals surface area contributed by atoms with E-state index in [-0.39, 0.29) is 5.88 Å². The van der Waals surface area contributed by atoms with Gasteiger partial charge in [-0.25, -0.2) is 0 Å². The van der Waals surface area contributed by atoms with Gasteiger partial charge in [-0.05, 0) is 34.9 Å². The Bertz CT molecular complexity index is 622. The van der Waals surface area contributed by atoms with Gasteiger partial charge in [0.1, 0.15) is 5.60 Å². The van der Waals surface area contributed by atoms with Crippen molar-refractivity contribution in [3.05, 3.63) is 76.3 Å². The molecule has 2 rings (SSSR count). The molecule has 20 heavy (non-hydrogen) atoms. The third-order valence-corrected chi connectivity index (χ3v) is 4.18. The summed E-state index contributed by atoms with van der Waals surface area (Å²) in [7, 11) is 0. The van der Waals surface area contributed by atoms with Gasteiger partial charge in [-0.15, -0.1) is 11.6 Å². The van der Waals surface area contributed by atoms with Crippen LogP contribution in [-0.4, -0.2) is 11.0 Å². The van der Waals surface area contributed by atoms with Crippen LogP contribution in [0.5, 0.6) is 0 Å². The molecule has 0 bridgehead atoms. The Morgan fingerprint density at radius 1 is 1.05 bits per heavy atom. The van der Waals surface area contributed by atoms with E-state index in [1.807, 2.05) is 12.1 Å². The molecular formula is C16H13Cl3O. The van der Waals surface area contributed by atoms with Crippen LogP contribution in [0.15, 0.2) is 55.1 Å². The molecule has 1 unspecified atom stereocenters. The summed E-state index contributed by atoms with van der Waals surface area (Å²) in [6, 6.07) is 14.1. The molecule has 0 aliphatic carbocycles. The van der Waals surface area contributed by atoms with Crippen LogP contribution in [0.1, 0.15) is 11.1 Å². The molecule has 0 aliphatic rings. The summed E-state index contributed by atoms with van der Waals surface area (Å²) in [5.74, 6) is -0.0291. The smallest absolute Gasteiger partial charge is 0.128 e. The van der Waals surface area contributed by atoms with Crippen molar-refractivity contribution in [3.63, 3.8) is 0 Å².